The fourth-order valence-corrected chi connectivity index (χ4v) is 11.5. The van der Waals surface area contributed by atoms with Gasteiger partial charge in [0.1, 0.15) is 23.0 Å². The maximum Gasteiger partial charge on any atom is 0.326 e. The van der Waals surface area contributed by atoms with Crippen LogP contribution in [0.25, 0.3) is 11.1 Å². The molecule has 0 amide bonds. The quantitative estimate of drug-likeness (QED) is 0.121. The van der Waals surface area contributed by atoms with Gasteiger partial charge in [0.25, 0.3) is 0 Å². The van der Waals surface area contributed by atoms with Crippen LogP contribution in [-0.4, -0.2) is 0 Å². The molecule has 6 aromatic rings. The molecule has 0 aliphatic heterocycles. The van der Waals surface area contributed by atoms with Crippen molar-refractivity contribution in [3.8, 4) is 34.1 Å². The second-order valence-corrected chi connectivity index (χ2v) is 31.6. The summed E-state index contributed by atoms with van der Waals surface area (Å²) in [5.41, 5.74) is 10.8. The van der Waals surface area contributed by atoms with E-state index in [1.807, 2.05) is 0 Å². The fourth-order valence-electron chi connectivity index (χ4n) is 8.89. The molecule has 0 saturated carbocycles. The summed E-state index contributed by atoms with van der Waals surface area (Å²) >= 11 is 0. The molecule has 6 heteroatoms. The van der Waals surface area contributed by atoms with E-state index in [-0.39, 0.29) is 43.3 Å². The molecule has 0 aliphatic rings. The van der Waals surface area contributed by atoms with E-state index in [2.05, 4.69) is 287 Å². The maximum atomic E-state index is 7.30. The summed E-state index contributed by atoms with van der Waals surface area (Å²) in [5.74, 6) is 3.45. The van der Waals surface area contributed by atoms with Crippen LogP contribution in [0.15, 0.2) is 121 Å². The summed E-state index contributed by atoms with van der Waals surface area (Å²) in [6, 6.07) is 44.5. The Morgan fingerprint density at radius 2 is 0.419 bits per heavy atom. The molecule has 0 bridgehead atoms. The SMILES string of the molecule is CC(C)(C)c1ccc(C(C)(C)C)c(OP(Oc2cc(C(C)(C)C)ccc2C(C)(C)C)c2ccc(-c3ccc(P(Oc4cc(C(C)(C)C)ccc4C(C)(C)C)Oc4cc(C(C)(C)C)ccc4C(C)(C)C)cc3)cc2)c1. The molecule has 74 heavy (non-hydrogen) atoms. The van der Waals surface area contributed by atoms with Crippen LogP contribution in [0, 0.1) is 0 Å². The number of hydrogen-bond acceptors (Lipinski definition) is 4. The average Bonchev–Trinajstić information content (AvgIpc) is 3.26. The van der Waals surface area contributed by atoms with E-state index in [0.29, 0.717) is 0 Å². The zero-order valence-electron chi connectivity index (χ0n) is 50.1. The van der Waals surface area contributed by atoms with Gasteiger partial charge in [0.05, 0.1) is 10.6 Å². The molecule has 4 nitrogen and oxygen atoms in total. The lowest BCUT2D eigenvalue weighted by molar-refractivity contribution is 0.463. The summed E-state index contributed by atoms with van der Waals surface area (Å²) in [5, 5.41) is 1.99. The van der Waals surface area contributed by atoms with Crippen molar-refractivity contribution in [2.75, 3.05) is 0 Å². The Hall–Kier alpha value is -4.62. The van der Waals surface area contributed by atoms with Crippen LogP contribution in [0.1, 0.15) is 211 Å². The van der Waals surface area contributed by atoms with Crippen molar-refractivity contribution in [1.82, 2.24) is 0 Å². The van der Waals surface area contributed by atoms with Gasteiger partial charge >= 0.3 is 16.8 Å². The standard InChI is InChI=1S/C68H92O4P2/c1-61(2,3)47-29-37-53(65(13,14)15)57(41-47)69-73(70-58-42-48(62(4,5)6)30-38-54(58)66(16,17)18)51-33-25-45(26-34-51)46-27-35-52(36-28-46)74(71-59-43-49(63(7,8)9)31-39-55(59)67(19,20)21)72-60-44-50(64(10,11)12)32-40-56(60)68(22,23)24/h25-44H,1-24H3. The largest absolute Gasteiger partial charge is 0.435 e. The van der Waals surface area contributed by atoms with Gasteiger partial charge in [-0.15, -0.1) is 0 Å². The molecular weight excluding hydrogens is 943 g/mol. The minimum atomic E-state index is -1.65. The molecule has 0 unspecified atom stereocenters. The third-order valence-electron chi connectivity index (χ3n) is 13.8. The van der Waals surface area contributed by atoms with Gasteiger partial charge < -0.3 is 18.1 Å². The van der Waals surface area contributed by atoms with Gasteiger partial charge in [0.15, 0.2) is 0 Å². The highest BCUT2D eigenvalue weighted by molar-refractivity contribution is 7.57. The van der Waals surface area contributed by atoms with Crippen molar-refractivity contribution in [1.29, 1.82) is 0 Å². The van der Waals surface area contributed by atoms with E-state index in [0.717, 1.165) is 67.0 Å². The molecule has 0 spiro atoms. The van der Waals surface area contributed by atoms with Gasteiger partial charge in [-0.2, -0.15) is 0 Å². The van der Waals surface area contributed by atoms with Gasteiger partial charge in [-0.3, -0.25) is 0 Å². The van der Waals surface area contributed by atoms with Crippen LogP contribution < -0.4 is 28.7 Å². The van der Waals surface area contributed by atoms with Crippen LogP contribution in [-0.2, 0) is 43.3 Å². The first-order valence-corrected chi connectivity index (χ1v) is 29.2. The van der Waals surface area contributed by atoms with E-state index in [1.54, 1.807) is 0 Å². The van der Waals surface area contributed by atoms with E-state index in [4.69, 9.17) is 18.1 Å². The van der Waals surface area contributed by atoms with E-state index < -0.39 is 16.8 Å². The van der Waals surface area contributed by atoms with Crippen molar-refractivity contribution in [3.05, 3.63) is 166 Å². The smallest absolute Gasteiger partial charge is 0.326 e. The average molecular weight is 1040 g/mol. The second-order valence-electron chi connectivity index (χ2n) is 28.8. The lowest BCUT2D eigenvalue weighted by Gasteiger charge is -2.30. The molecule has 0 heterocycles. The Kier molecular flexibility index (Phi) is 16.7. The highest BCUT2D eigenvalue weighted by Gasteiger charge is 2.32. The van der Waals surface area contributed by atoms with Crippen LogP contribution >= 0.6 is 16.8 Å². The van der Waals surface area contributed by atoms with E-state index in [1.165, 1.54) is 22.3 Å². The molecule has 0 N–H and O–H groups in total. The Bertz CT molecular complexity index is 2530. The highest BCUT2D eigenvalue weighted by Crippen LogP contribution is 2.50. The monoisotopic (exact) mass is 1030 g/mol. The van der Waals surface area contributed by atoms with Crippen molar-refractivity contribution in [2.24, 2.45) is 0 Å². The van der Waals surface area contributed by atoms with Gasteiger partial charge in [0.2, 0.25) is 0 Å². The highest BCUT2D eigenvalue weighted by atomic mass is 31.2. The Morgan fingerprint density at radius 3 is 0.581 bits per heavy atom. The summed E-state index contributed by atoms with van der Waals surface area (Å²) in [4.78, 5) is 0. The summed E-state index contributed by atoms with van der Waals surface area (Å²) in [6.45, 7) is 54.1. The Labute approximate surface area is 452 Å². The molecule has 0 fully saturated rings. The van der Waals surface area contributed by atoms with Crippen molar-refractivity contribution >= 4 is 27.4 Å². The lowest BCUT2D eigenvalue weighted by Crippen LogP contribution is -2.19. The summed E-state index contributed by atoms with van der Waals surface area (Å²) < 4.78 is 29.2. The summed E-state index contributed by atoms with van der Waals surface area (Å²) in [7, 11) is -3.30. The summed E-state index contributed by atoms with van der Waals surface area (Å²) in [6.07, 6.45) is 0. The predicted octanol–water partition coefficient (Wildman–Crippen LogP) is 19.9. The van der Waals surface area contributed by atoms with Crippen molar-refractivity contribution in [2.45, 2.75) is 209 Å². The van der Waals surface area contributed by atoms with Crippen molar-refractivity contribution in [3.63, 3.8) is 0 Å². The number of benzene rings is 6. The first-order valence-electron chi connectivity index (χ1n) is 26.8. The van der Waals surface area contributed by atoms with Crippen LogP contribution in [0.3, 0.4) is 0 Å². The predicted molar refractivity (Wildman–Crippen MR) is 323 cm³/mol. The molecular formula is C68H92O4P2. The third-order valence-corrected chi connectivity index (χ3v) is 16.7. The minimum Gasteiger partial charge on any atom is -0.435 e. The number of rotatable bonds is 11. The zero-order valence-corrected chi connectivity index (χ0v) is 51.9. The van der Waals surface area contributed by atoms with Gasteiger partial charge in [-0.05, 0) is 147 Å². The fraction of sp³-hybridized carbons (Fsp3) is 0.471. The lowest BCUT2D eigenvalue weighted by atomic mass is 9.81. The zero-order chi connectivity index (χ0) is 55.4. The van der Waals surface area contributed by atoms with Crippen LogP contribution in [0.2, 0.25) is 0 Å². The molecule has 6 aromatic carbocycles. The Morgan fingerprint density at radius 1 is 0.230 bits per heavy atom. The molecule has 0 aliphatic carbocycles. The van der Waals surface area contributed by atoms with Crippen LogP contribution in [0.5, 0.6) is 23.0 Å². The first-order chi connectivity index (χ1) is 33.7. The van der Waals surface area contributed by atoms with E-state index >= 15 is 0 Å². The molecule has 0 radical (unpaired) electrons. The molecule has 6 rings (SSSR count). The molecule has 0 atom stereocenters. The van der Waals surface area contributed by atoms with Gasteiger partial charge in [-0.1, -0.05) is 239 Å². The van der Waals surface area contributed by atoms with Gasteiger partial charge in [-0.25, -0.2) is 0 Å². The third kappa shape index (κ3) is 14.4. The van der Waals surface area contributed by atoms with E-state index in [9.17, 15) is 0 Å². The molecule has 0 aromatic heterocycles. The van der Waals surface area contributed by atoms with Crippen LogP contribution in [0.4, 0.5) is 0 Å². The van der Waals surface area contributed by atoms with Gasteiger partial charge in [0, 0.05) is 0 Å². The second kappa shape index (κ2) is 21.1. The normalized spacial score (nSPS) is 13.4. The maximum absolute atomic E-state index is 7.30. The first kappa shape index (κ1) is 58.6. The Balaban J connectivity index is 1.46. The number of hydrogen-bond donors (Lipinski definition) is 0. The van der Waals surface area contributed by atoms with Crippen molar-refractivity contribution < 1.29 is 18.1 Å². The topological polar surface area (TPSA) is 36.9 Å². The molecule has 398 valence electrons. The molecule has 0 saturated heterocycles. The minimum absolute atomic E-state index is 0.0609.